The quantitative estimate of drug-likeness (QED) is 0.267. The fourth-order valence-corrected chi connectivity index (χ4v) is 7.40. The smallest absolute Gasteiger partial charge is 0.261 e. The molecule has 1 saturated heterocycles. The van der Waals surface area contributed by atoms with Gasteiger partial charge >= 0.3 is 0 Å². The molecule has 3 aromatic carbocycles. The SMILES string of the molecule is O=C(NCc1ccccc1Cl)c1ccc(N2CC3CC(C2)c2cccc(=O)n2C3)c(NS(=O)(=O)c2ccc(Br)cc2)c1. The molecule has 1 fully saturated rings. The summed E-state index contributed by atoms with van der Waals surface area (Å²) < 4.78 is 32.3. The van der Waals surface area contributed by atoms with Crippen molar-refractivity contribution in [1.29, 1.82) is 0 Å². The average molecular weight is 668 g/mol. The van der Waals surface area contributed by atoms with Gasteiger partial charge < -0.3 is 14.8 Å². The van der Waals surface area contributed by atoms with Crippen molar-refractivity contribution >= 4 is 54.8 Å². The third-order valence-electron chi connectivity index (χ3n) is 7.84. The predicted octanol–water partition coefficient (Wildman–Crippen LogP) is 5.62. The highest BCUT2D eigenvalue weighted by atomic mass is 79.9. The number of nitrogens with one attached hydrogen (secondary N) is 2. The Morgan fingerprint density at radius 1 is 0.952 bits per heavy atom. The van der Waals surface area contributed by atoms with Crippen LogP contribution in [0.3, 0.4) is 0 Å². The van der Waals surface area contributed by atoms with Crippen molar-refractivity contribution in [2.75, 3.05) is 22.7 Å². The van der Waals surface area contributed by atoms with E-state index in [1.165, 1.54) is 12.1 Å². The average Bonchev–Trinajstić information content (AvgIpc) is 2.97. The van der Waals surface area contributed by atoms with Gasteiger partial charge in [-0.3, -0.25) is 14.3 Å². The molecule has 0 aliphatic carbocycles. The maximum atomic E-state index is 13.5. The largest absolute Gasteiger partial charge is 0.369 e. The summed E-state index contributed by atoms with van der Waals surface area (Å²) in [6, 6.07) is 24.1. The van der Waals surface area contributed by atoms with E-state index in [2.05, 4.69) is 30.9 Å². The number of amides is 1. The fourth-order valence-electron chi connectivity index (χ4n) is 5.86. The standard InChI is InChI=1S/C31H28BrClN4O4S/c32-24-9-11-25(12-10-24)42(40,41)35-27-15-21(31(39)34-16-22-4-1-2-5-26(22)33)8-13-29(27)36-17-20-14-23(19-36)28-6-3-7-30(38)37(28)18-20/h1-13,15,20,23,35H,14,16-19H2,(H,34,39). The third kappa shape index (κ3) is 5.84. The van der Waals surface area contributed by atoms with E-state index in [0.717, 1.165) is 22.2 Å². The first-order valence-electron chi connectivity index (χ1n) is 13.6. The number of fused-ring (bicyclic) bond motifs is 4. The Kier molecular flexibility index (Phi) is 7.87. The number of sulfonamides is 1. The summed E-state index contributed by atoms with van der Waals surface area (Å²) in [4.78, 5) is 28.0. The first kappa shape index (κ1) is 28.5. The molecule has 42 heavy (non-hydrogen) atoms. The van der Waals surface area contributed by atoms with Gasteiger partial charge in [-0.25, -0.2) is 8.42 Å². The van der Waals surface area contributed by atoms with E-state index < -0.39 is 10.0 Å². The number of carbonyl (C=O) groups is 1. The minimum absolute atomic E-state index is 0.00533. The number of pyridine rings is 1. The van der Waals surface area contributed by atoms with Crippen molar-refractivity contribution in [3.8, 4) is 0 Å². The van der Waals surface area contributed by atoms with Gasteiger partial charge in [-0.05, 0) is 72.5 Å². The number of halogens is 2. The molecule has 216 valence electrons. The summed E-state index contributed by atoms with van der Waals surface area (Å²) in [5, 5.41) is 3.43. The second-order valence-electron chi connectivity index (χ2n) is 10.7. The minimum Gasteiger partial charge on any atom is -0.369 e. The van der Waals surface area contributed by atoms with Crippen LogP contribution in [0.4, 0.5) is 11.4 Å². The lowest BCUT2D eigenvalue weighted by Crippen LogP contribution is -2.47. The molecule has 1 amide bonds. The normalized spacial score (nSPS) is 17.8. The zero-order valence-electron chi connectivity index (χ0n) is 22.5. The number of hydrogen-bond acceptors (Lipinski definition) is 5. The van der Waals surface area contributed by atoms with Gasteiger partial charge in [-0.1, -0.05) is 51.8 Å². The van der Waals surface area contributed by atoms with Crippen molar-refractivity contribution in [1.82, 2.24) is 9.88 Å². The van der Waals surface area contributed by atoms with E-state index in [9.17, 15) is 18.0 Å². The van der Waals surface area contributed by atoms with Crippen LogP contribution in [0.1, 0.15) is 34.0 Å². The molecule has 8 nitrogen and oxygen atoms in total. The van der Waals surface area contributed by atoms with Crippen LogP contribution in [0.15, 0.2) is 99.1 Å². The van der Waals surface area contributed by atoms with Gasteiger partial charge in [0.1, 0.15) is 0 Å². The number of carbonyl (C=O) groups excluding carboxylic acids is 1. The van der Waals surface area contributed by atoms with E-state index in [-0.39, 0.29) is 34.7 Å². The number of piperidine rings is 1. The van der Waals surface area contributed by atoms with Crippen molar-refractivity contribution in [3.05, 3.63) is 122 Å². The lowest BCUT2D eigenvalue weighted by Gasteiger charge is -2.44. The zero-order chi connectivity index (χ0) is 29.4. The lowest BCUT2D eigenvalue weighted by molar-refractivity contribution is 0.0951. The first-order chi connectivity index (χ1) is 20.2. The molecule has 4 aromatic rings. The Morgan fingerprint density at radius 3 is 2.52 bits per heavy atom. The van der Waals surface area contributed by atoms with Crippen molar-refractivity contribution in [2.45, 2.75) is 30.3 Å². The number of anilines is 2. The van der Waals surface area contributed by atoms with E-state index in [1.54, 1.807) is 48.5 Å². The second-order valence-corrected chi connectivity index (χ2v) is 13.7. The molecule has 0 spiro atoms. The fraction of sp³-hybridized carbons (Fsp3) is 0.226. The maximum absolute atomic E-state index is 13.5. The van der Waals surface area contributed by atoms with Gasteiger partial charge in [0.05, 0.1) is 16.3 Å². The van der Waals surface area contributed by atoms with Crippen LogP contribution in [0, 0.1) is 5.92 Å². The summed E-state index contributed by atoms with van der Waals surface area (Å²) in [7, 11) is -3.96. The van der Waals surface area contributed by atoms with Crippen molar-refractivity contribution < 1.29 is 13.2 Å². The highest BCUT2D eigenvalue weighted by Gasteiger charge is 2.35. The molecular weight excluding hydrogens is 640 g/mol. The Bertz CT molecular complexity index is 1830. The molecule has 2 bridgehead atoms. The molecule has 1 aromatic heterocycles. The van der Waals surface area contributed by atoms with Gasteiger partial charge in [0.15, 0.2) is 0 Å². The summed E-state index contributed by atoms with van der Waals surface area (Å²) in [5.74, 6) is 0.00109. The Labute approximate surface area is 257 Å². The molecule has 0 saturated carbocycles. The Balaban J connectivity index is 1.33. The zero-order valence-corrected chi connectivity index (χ0v) is 25.6. The maximum Gasteiger partial charge on any atom is 0.261 e. The van der Waals surface area contributed by atoms with Crippen LogP contribution in [-0.2, 0) is 23.1 Å². The summed E-state index contributed by atoms with van der Waals surface area (Å²) in [6.45, 7) is 2.12. The third-order valence-corrected chi connectivity index (χ3v) is 10.1. The van der Waals surface area contributed by atoms with Crippen LogP contribution in [0.25, 0.3) is 0 Å². The number of nitrogens with zero attached hydrogens (tertiary/aromatic N) is 2. The van der Waals surface area contributed by atoms with Crippen LogP contribution in [0.2, 0.25) is 5.02 Å². The molecule has 2 aliphatic heterocycles. The van der Waals surface area contributed by atoms with Crippen molar-refractivity contribution in [2.24, 2.45) is 5.92 Å². The summed E-state index contributed by atoms with van der Waals surface area (Å²) in [6.07, 6.45) is 0.961. The monoisotopic (exact) mass is 666 g/mol. The van der Waals surface area contributed by atoms with Crippen LogP contribution in [0.5, 0.6) is 0 Å². The van der Waals surface area contributed by atoms with Crippen LogP contribution < -0.4 is 20.5 Å². The van der Waals surface area contributed by atoms with Gasteiger partial charge in [-0.15, -0.1) is 0 Å². The number of rotatable bonds is 7. The molecule has 0 radical (unpaired) electrons. The topological polar surface area (TPSA) is 101 Å². The summed E-state index contributed by atoms with van der Waals surface area (Å²) in [5.41, 5.74) is 3.09. The summed E-state index contributed by atoms with van der Waals surface area (Å²) >= 11 is 9.60. The number of hydrogen-bond donors (Lipinski definition) is 2. The number of benzene rings is 3. The van der Waals surface area contributed by atoms with E-state index in [1.807, 2.05) is 28.8 Å². The van der Waals surface area contributed by atoms with E-state index in [4.69, 9.17) is 11.6 Å². The molecule has 6 rings (SSSR count). The van der Waals surface area contributed by atoms with Crippen LogP contribution in [-0.4, -0.2) is 32.0 Å². The van der Waals surface area contributed by atoms with Crippen LogP contribution >= 0.6 is 27.5 Å². The predicted molar refractivity (Wildman–Crippen MR) is 168 cm³/mol. The molecule has 3 heterocycles. The van der Waals surface area contributed by atoms with Gasteiger partial charge in [-0.2, -0.15) is 0 Å². The molecule has 2 atom stereocenters. The Hall–Kier alpha value is -3.60. The second kappa shape index (κ2) is 11.6. The first-order valence-corrected chi connectivity index (χ1v) is 16.2. The van der Waals surface area contributed by atoms with Gasteiger partial charge in [0.25, 0.3) is 21.5 Å². The molecule has 2 N–H and O–H groups in total. The van der Waals surface area contributed by atoms with E-state index >= 15 is 0 Å². The lowest BCUT2D eigenvalue weighted by atomic mass is 9.83. The minimum atomic E-state index is -3.96. The molecule has 11 heteroatoms. The molecule has 2 unspecified atom stereocenters. The number of aromatic nitrogens is 1. The van der Waals surface area contributed by atoms with Gasteiger partial charge in [0.2, 0.25) is 0 Å². The molecule has 2 aliphatic rings. The Morgan fingerprint density at radius 2 is 1.74 bits per heavy atom. The highest BCUT2D eigenvalue weighted by molar-refractivity contribution is 9.10. The van der Waals surface area contributed by atoms with E-state index in [0.29, 0.717) is 41.6 Å². The molecular formula is C31H28BrClN4O4S. The van der Waals surface area contributed by atoms with Crippen molar-refractivity contribution in [3.63, 3.8) is 0 Å². The highest BCUT2D eigenvalue weighted by Crippen LogP contribution is 2.40. The van der Waals surface area contributed by atoms with Gasteiger partial charge in [0, 0.05) is 58.9 Å².